The van der Waals surface area contributed by atoms with E-state index < -0.39 is 9.84 Å². The first-order chi connectivity index (χ1) is 7.96. The van der Waals surface area contributed by atoms with Crippen molar-refractivity contribution in [3.8, 4) is 0 Å². The van der Waals surface area contributed by atoms with Gasteiger partial charge in [-0.1, -0.05) is 5.57 Å². The zero-order chi connectivity index (χ0) is 12.5. The van der Waals surface area contributed by atoms with E-state index >= 15 is 0 Å². The largest absolute Gasteiger partial charge is 0.334 e. The third kappa shape index (κ3) is 3.73. The fraction of sp³-hybridized carbons (Fsp3) is 0.727. The first-order valence-electron chi connectivity index (χ1n) is 5.90. The highest BCUT2D eigenvalue weighted by Crippen LogP contribution is 2.35. The van der Waals surface area contributed by atoms with Gasteiger partial charge >= 0.3 is 6.03 Å². The molecule has 0 aromatic heterocycles. The van der Waals surface area contributed by atoms with Crippen LogP contribution in [0.4, 0.5) is 4.79 Å². The molecule has 1 saturated carbocycles. The summed E-state index contributed by atoms with van der Waals surface area (Å²) in [5.41, 5.74) is 1.18. The first-order valence-corrected chi connectivity index (χ1v) is 7.72. The molecule has 2 fully saturated rings. The molecule has 5 nitrogen and oxygen atoms in total. The molecule has 1 heterocycles. The van der Waals surface area contributed by atoms with Crippen molar-refractivity contribution in [3.63, 3.8) is 0 Å². The third-order valence-corrected chi connectivity index (χ3v) is 4.99. The summed E-state index contributed by atoms with van der Waals surface area (Å²) >= 11 is 0. The quantitative estimate of drug-likeness (QED) is 0.785. The second-order valence-electron chi connectivity index (χ2n) is 4.88. The van der Waals surface area contributed by atoms with Crippen LogP contribution in [-0.2, 0) is 9.84 Å². The van der Waals surface area contributed by atoms with Gasteiger partial charge < -0.3 is 10.6 Å². The summed E-state index contributed by atoms with van der Waals surface area (Å²) in [5.74, 6) is 0.864. The van der Waals surface area contributed by atoms with Gasteiger partial charge in [0.1, 0.15) is 0 Å². The molecular weight excluding hydrogens is 240 g/mol. The number of hydrogen-bond acceptors (Lipinski definition) is 3. The Morgan fingerprint density at radius 1 is 1.29 bits per heavy atom. The second kappa shape index (κ2) is 4.68. The maximum absolute atomic E-state index is 11.5. The van der Waals surface area contributed by atoms with Crippen molar-refractivity contribution < 1.29 is 13.2 Å². The van der Waals surface area contributed by atoms with Gasteiger partial charge in [-0.15, -0.1) is 0 Å². The summed E-state index contributed by atoms with van der Waals surface area (Å²) in [4.78, 5) is 11.5. The number of amides is 2. The molecule has 2 aliphatic rings. The molecule has 96 valence electrons. The van der Waals surface area contributed by atoms with E-state index in [2.05, 4.69) is 10.6 Å². The van der Waals surface area contributed by atoms with Gasteiger partial charge in [-0.3, -0.25) is 0 Å². The zero-order valence-corrected chi connectivity index (χ0v) is 10.7. The van der Waals surface area contributed by atoms with Gasteiger partial charge in [0.25, 0.3) is 0 Å². The van der Waals surface area contributed by atoms with Crippen molar-refractivity contribution in [2.24, 2.45) is 5.92 Å². The van der Waals surface area contributed by atoms with Gasteiger partial charge in [0.2, 0.25) is 0 Å². The Hall–Kier alpha value is -1.04. The molecule has 0 aromatic carbocycles. The SMILES string of the molecule is C/C(=C\NC(=O)NC1CCS(=O)(=O)C1)C1CC1. The van der Waals surface area contributed by atoms with E-state index in [4.69, 9.17) is 0 Å². The van der Waals surface area contributed by atoms with E-state index in [1.807, 2.05) is 6.92 Å². The number of allylic oxidation sites excluding steroid dienone is 1. The van der Waals surface area contributed by atoms with Crippen LogP contribution in [0.1, 0.15) is 26.2 Å². The lowest BCUT2D eigenvalue weighted by Crippen LogP contribution is -2.40. The topological polar surface area (TPSA) is 75.3 Å². The Morgan fingerprint density at radius 2 is 2.00 bits per heavy atom. The van der Waals surface area contributed by atoms with E-state index in [0.29, 0.717) is 12.3 Å². The number of rotatable bonds is 3. The maximum atomic E-state index is 11.5. The molecule has 1 atom stereocenters. The lowest BCUT2D eigenvalue weighted by Gasteiger charge is -2.10. The van der Waals surface area contributed by atoms with E-state index in [1.165, 1.54) is 18.4 Å². The van der Waals surface area contributed by atoms with Gasteiger partial charge in [0, 0.05) is 12.2 Å². The lowest BCUT2D eigenvalue weighted by atomic mass is 10.2. The minimum atomic E-state index is -2.93. The molecule has 0 aromatic rings. The number of nitrogens with one attached hydrogen (secondary N) is 2. The van der Waals surface area contributed by atoms with Gasteiger partial charge in [0.15, 0.2) is 9.84 Å². The molecule has 1 saturated heterocycles. The van der Waals surface area contributed by atoms with E-state index in [1.54, 1.807) is 6.20 Å². The zero-order valence-electron chi connectivity index (χ0n) is 9.90. The van der Waals surface area contributed by atoms with Crippen LogP contribution in [0.25, 0.3) is 0 Å². The average Bonchev–Trinajstić information content (AvgIpc) is 3.02. The molecule has 6 heteroatoms. The molecule has 2 amide bonds. The molecule has 2 N–H and O–H groups in total. The van der Waals surface area contributed by atoms with Crippen LogP contribution < -0.4 is 10.6 Å². The summed E-state index contributed by atoms with van der Waals surface area (Å²) in [7, 11) is -2.93. The second-order valence-corrected chi connectivity index (χ2v) is 7.11. The van der Waals surface area contributed by atoms with E-state index in [-0.39, 0.29) is 23.6 Å². The van der Waals surface area contributed by atoms with Crippen LogP contribution >= 0.6 is 0 Å². The molecular formula is C11H18N2O3S. The predicted molar refractivity (Wildman–Crippen MR) is 65.2 cm³/mol. The Kier molecular flexibility index (Phi) is 3.42. The summed E-state index contributed by atoms with van der Waals surface area (Å²) < 4.78 is 22.4. The van der Waals surface area contributed by atoms with Crippen LogP contribution in [-0.4, -0.2) is 32.0 Å². The minimum absolute atomic E-state index is 0.0613. The fourth-order valence-corrected chi connectivity index (χ4v) is 3.65. The average molecular weight is 258 g/mol. The van der Waals surface area contributed by atoms with Crippen molar-refractivity contribution in [2.75, 3.05) is 11.5 Å². The molecule has 1 unspecified atom stereocenters. The third-order valence-electron chi connectivity index (χ3n) is 3.22. The highest BCUT2D eigenvalue weighted by Gasteiger charge is 2.28. The van der Waals surface area contributed by atoms with E-state index in [9.17, 15) is 13.2 Å². The van der Waals surface area contributed by atoms with E-state index in [0.717, 1.165) is 0 Å². The first kappa shape index (κ1) is 12.4. The van der Waals surface area contributed by atoms with Crippen molar-refractivity contribution >= 4 is 15.9 Å². The smallest absolute Gasteiger partial charge is 0.319 e. The molecule has 17 heavy (non-hydrogen) atoms. The highest BCUT2D eigenvalue weighted by atomic mass is 32.2. The van der Waals surface area contributed by atoms with Gasteiger partial charge in [-0.05, 0) is 32.1 Å². The van der Waals surface area contributed by atoms with Crippen LogP contribution in [0.5, 0.6) is 0 Å². The number of sulfone groups is 1. The van der Waals surface area contributed by atoms with Crippen molar-refractivity contribution in [1.82, 2.24) is 10.6 Å². The number of carbonyl (C=O) groups is 1. The number of urea groups is 1. The van der Waals surface area contributed by atoms with Gasteiger partial charge in [-0.2, -0.15) is 0 Å². The number of hydrogen-bond donors (Lipinski definition) is 2. The Balaban J connectivity index is 1.76. The normalized spacial score (nSPS) is 27.8. The lowest BCUT2D eigenvalue weighted by molar-refractivity contribution is 0.241. The molecule has 1 aliphatic carbocycles. The molecule has 2 rings (SSSR count). The Bertz CT molecular complexity index is 438. The highest BCUT2D eigenvalue weighted by molar-refractivity contribution is 7.91. The van der Waals surface area contributed by atoms with Gasteiger partial charge in [0.05, 0.1) is 11.5 Å². The standard InChI is InChI=1S/C11H18N2O3S/c1-8(9-2-3-9)6-12-11(14)13-10-4-5-17(15,16)7-10/h6,9-10H,2-5,7H2,1H3,(H2,12,13,14)/b8-6+. The monoisotopic (exact) mass is 258 g/mol. The number of carbonyl (C=O) groups excluding carboxylic acids is 1. The van der Waals surface area contributed by atoms with Crippen LogP contribution in [0.2, 0.25) is 0 Å². The van der Waals surface area contributed by atoms with Crippen LogP contribution in [0.15, 0.2) is 11.8 Å². The molecule has 0 spiro atoms. The summed E-state index contributed by atoms with van der Waals surface area (Å²) in [6.07, 6.45) is 4.64. The Labute approximate surface area is 102 Å². The molecule has 0 bridgehead atoms. The van der Waals surface area contributed by atoms with Crippen molar-refractivity contribution in [2.45, 2.75) is 32.2 Å². The summed E-state index contributed by atoms with van der Waals surface area (Å²) in [5, 5.41) is 5.33. The van der Waals surface area contributed by atoms with Crippen molar-refractivity contribution in [1.29, 1.82) is 0 Å². The summed E-state index contributed by atoms with van der Waals surface area (Å²) in [6, 6.07) is -0.554. The fourth-order valence-electron chi connectivity index (χ4n) is 1.97. The Morgan fingerprint density at radius 3 is 2.53 bits per heavy atom. The van der Waals surface area contributed by atoms with Crippen molar-refractivity contribution in [3.05, 3.63) is 11.8 Å². The molecule has 1 aliphatic heterocycles. The molecule has 0 radical (unpaired) electrons. The predicted octanol–water partition coefficient (Wildman–Crippen LogP) is 0.786. The van der Waals surface area contributed by atoms with Gasteiger partial charge in [-0.25, -0.2) is 13.2 Å². The van der Waals surface area contributed by atoms with Crippen LogP contribution in [0.3, 0.4) is 0 Å². The van der Waals surface area contributed by atoms with Crippen LogP contribution in [0, 0.1) is 5.92 Å². The summed E-state index contributed by atoms with van der Waals surface area (Å²) in [6.45, 7) is 2.00. The minimum Gasteiger partial charge on any atom is -0.334 e. The maximum Gasteiger partial charge on any atom is 0.319 e.